The smallest absolute Gasteiger partial charge is 0.320 e. The number of nitrogens with one attached hydrogen (secondary N) is 1. The van der Waals surface area contributed by atoms with Gasteiger partial charge in [0.25, 0.3) is 0 Å². The second-order valence-corrected chi connectivity index (χ2v) is 5.97. The summed E-state index contributed by atoms with van der Waals surface area (Å²) in [5, 5.41) is 3.50. The number of fused-ring (bicyclic) bond motifs is 1. The van der Waals surface area contributed by atoms with E-state index in [0.29, 0.717) is 12.0 Å². The highest BCUT2D eigenvalue weighted by molar-refractivity contribution is 5.75. The molecule has 0 unspecified atom stereocenters. The normalized spacial score (nSPS) is 34.2. The van der Waals surface area contributed by atoms with E-state index in [0.717, 1.165) is 38.6 Å². The molecule has 3 aliphatic heterocycles. The van der Waals surface area contributed by atoms with Crippen LogP contribution in [0.4, 0.5) is 4.79 Å². The number of urea groups is 1. The van der Waals surface area contributed by atoms with Gasteiger partial charge >= 0.3 is 6.03 Å². The summed E-state index contributed by atoms with van der Waals surface area (Å²) in [7, 11) is 0. The molecule has 0 spiro atoms. The van der Waals surface area contributed by atoms with E-state index in [2.05, 4.69) is 22.0 Å². The molecular formula is C13H23N3O. The van der Waals surface area contributed by atoms with E-state index in [9.17, 15) is 4.79 Å². The minimum Gasteiger partial charge on any atom is -0.325 e. The van der Waals surface area contributed by atoms with Crippen LogP contribution >= 0.6 is 0 Å². The molecule has 4 nitrogen and oxygen atoms in total. The van der Waals surface area contributed by atoms with Crippen molar-refractivity contribution < 1.29 is 4.79 Å². The van der Waals surface area contributed by atoms with E-state index in [1.165, 1.54) is 19.3 Å². The van der Waals surface area contributed by atoms with Gasteiger partial charge in [0, 0.05) is 32.2 Å². The fourth-order valence-corrected chi connectivity index (χ4v) is 3.41. The molecule has 96 valence electrons. The van der Waals surface area contributed by atoms with E-state index < -0.39 is 0 Å². The quantitative estimate of drug-likeness (QED) is 0.685. The van der Waals surface area contributed by atoms with Crippen LogP contribution in [0.1, 0.15) is 26.2 Å². The summed E-state index contributed by atoms with van der Waals surface area (Å²) in [5.41, 5.74) is 0. The number of piperidine rings is 1. The van der Waals surface area contributed by atoms with E-state index in [-0.39, 0.29) is 6.03 Å². The SMILES string of the molecule is CC1CCN(C(=O)N2C[C@@H]3CCN[C@@H]3C2)CC1. The highest BCUT2D eigenvalue weighted by atomic mass is 16.2. The first-order chi connectivity index (χ1) is 8.24. The minimum atomic E-state index is 0.285. The Hall–Kier alpha value is -0.770. The molecule has 2 amide bonds. The molecule has 0 aromatic carbocycles. The summed E-state index contributed by atoms with van der Waals surface area (Å²) in [4.78, 5) is 16.5. The Morgan fingerprint density at radius 1 is 1.12 bits per heavy atom. The largest absolute Gasteiger partial charge is 0.325 e. The van der Waals surface area contributed by atoms with Crippen molar-refractivity contribution in [3.8, 4) is 0 Å². The zero-order chi connectivity index (χ0) is 11.8. The standard InChI is InChI=1S/C13H23N3O/c1-10-3-6-15(7-4-10)13(17)16-8-11-2-5-14-12(11)9-16/h10-12,14H,2-9H2,1H3/t11-,12+/m0/s1. The minimum absolute atomic E-state index is 0.285. The third kappa shape index (κ3) is 2.15. The number of rotatable bonds is 0. The lowest BCUT2D eigenvalue weighted by atomic mass is 10.00. The number of nitrogens with zero attached hydrogens (tertiary/aromatic N) is 2. The fourth-order valence-electron chi connectivity index (χ4n) is 3.41. The predicted octanol–water partition coefficient (Wildman–Crippen LogP) is 1.13. The van der Waals surface area contributed by atoms with Gasteiger partial charge in [0.15, 0.2) is 0 Å². The van der Waals surface area contributed by atoms with Crippen molar-refractivity contribution in [2.75, 3.05) is 32.7 Å². The lowest BCUT2D eigenvalue weighted by molar-refractivity contribution is 0.140. The van der Waals surface area contributed by atoms with E-state index in [1.54, 1.807) is 0 Å². The maximum atomic E-state index is 12.4. The number of carbonyl (C=O) groups is 1. The van der Waals surface area contributed by atoms with Crippen LogP contribution in [0.15, 0.2) is 0 Å². The van der Waals surface area contributed by atoms with Crippen molar-refractivity contribution >= 4 is 6.03 Å². The summed E-state index contributed by atoms with van der Waals surface area (Å²) in [6.45, 7) is 7.24. The molecule has 1 N–H and O–H groups in total. The van der Waals surface area contributed by atoms with Gasteiger partial charge in [-0.25, -0.2) is 4.79 Å². The Kier molecular flexibility index (Phi) is 2.99. The van der Waals surface area contributed by atoms with Crippen LogP contribution in [0.25, 0.3) is 0 Å². The second-order valence-electron chi connectivity index (χ2n) is 5.97. The van der Waals surface area contributed by atoms with E-state index >= 15 is 0 Å². The van der Waals surface area contributed by atoms with E-state index in [1.807, 2.05) is 0 Å². The molecule has 17 heavy (non-hydrogen) atoms. The first kappa shape index (κ1) is 11.3. The van der Waals surface area contributed by atoms with Crippen LogP contribution in [0.3, 0.4) is 0 Å². The number of amides is 2. The third-order valence-electron chi connectivity index (χ3n) is 4.69. The maximum Gasteiger partial charge on any atom is 0.320 e. The zero-order valence-electron chi connectivity index (χ0n) is 10.7. The van der Waals surface area contributed by atoms with Gasteiger partial charge in [0.1, 0.15) is 0 Å². The van der Waals surface area contributed by atoms with E-state index in [4.69, 9.17) is 0 Å². The third-order valence-corrected chi connectivity index (χ3v) is 4.69. The molecule has 0 aliphatic carbocycles. The zero-order valence-corrected chi connectivity index (χ0v) is 10.7. The molecule has 0 radical (unpaired) electrons. The number of hydrogen-bond acceptors (Lipinski definition) is 2. The first-order valence-corrected chi connectivity index (χ1v) is 7.01. The molecule has 3 fully saturated rings. The lowest BCUT2D eigenvalue weighted by Gasteiger charge is -2.33. The molecule has 3 aliphatic rings. The highest BCUT2D eigenvalue weighted by Gasteiger charge is 2.39. The number of carbonyl (C=O) groups excluding carboxylic acids is 1. The molecule has 4 heteroatoms. The van der Waals surface area contributed by atoms with Gasteiger partial charge in [-0.2, -0.15) is 0 Å². The summed E-state index contributed by atoms with van der Waals surface area (Å²) >= 11 is 0. The van der Waals surface area contributed by atoms with Crippen molar-refractivity contribution in [1.82, 2.24) is 15.1 Å². The van der Waals surface area contributed by atoms with Gasteiger partial charge in [-0.1, -0.05) is 6.92 Å². The fraction of sp³-hybridized carbons (Fsp3) is 0.923. The average molecular weight is 237 g/mol. The molecule has 0 aromatic rings. The lowest BCUT2D eigenvalue weighted by Crippen LogP contribution is -2.46. The van der Waals surface area contributed by atoms with Gasteiger partial charge in [-0.3, -0.25) is 0 Å². The molecular weight excluding hydrogens is 214 g/mol. The number of hydrogen-bond donors (Lipinski definition) is 1. The monoisotopic (exact) mass is 237 g/mol. The predicted molar refractivity (Wildman–Crippen MR) is 66.8 cm³/mol. The Labute approximate surface area is 103 Å². The summed E-state index contributed by atoms with van der Waals surface area (Å²) in [5.74, 6) is 1.50. The summed E-state index contributed by atoms with van der Waals surface area (Å²) < 4.78 is 0. The van der Waals surface area contributed by atoms with Crippen molar-refractivity contribution in [3.05, 3.63) is 0 Å². The van der Waals surface area contributed by atoms with Crippen LogP contribution in [0, 0.1) is 11.8 Å². The Morgan fingerprint density at radius 2 is 1.88 bits per heavy atom. The van der Waals surface area contributed by atoms with Crippen molar-refractivity contribution in [3.63, 3.8) is 0 Å². The Morgan fingerprint density at radius 3 is 2.59 bits per heavy atom. The van der Waals surface area contributed by atoms with Crippen molar-refractivity contribution in [1.29, 1.82) is 0 Å². The van der Waals surface area contributed by atoms with Crippen molar-refractivity contribution in [2.45, 2.75) is 32.2 Å². The molecule has 0 aromatic heterocycles. The molecule has 3 rings (SSSR count). The van der Waals surface area contributed by atoms with Crippen molar-refractivity contribution in [2.24, 2.45) is 11.8 Å². The van der Waals surface area contributed by atoms with Gasteiger partial charge in [0.05, 0.1) is 0 Å². The molecule has 3 saturated heterocycles. The van der Waals surface area contributed by atoms with Crippen LogP contribution in [-0.4, -0.2) is 54.6 Å². The van der Waals surface area contributed by atoms with Gasteiger partial charge in [0.2, 0.25) is 0 Å². The first-order valence-electron chi connectivity index (χ1n) is 7.01. The van der Waals surface area contributed by atoms with Crippen LogP contribution in [0.2, 0.25) is 0 Å². The van der Waals surface area contributed by atoms with Crippen LogP contribution in [-0.2, 0) is 0 Å². The maximum absolute atomic E-state index is 12.4. The molecule has 2 atom stereocenters. The number of likely N-dealkylation sites (tertiary alicyclic amines) is 2. The van der Waals surface area contributed by atoms with Crippen LogP contribution < -0.4 is 5.32 Å². The average Bonchev–Trinajstić information content (AvgIpc) is 2.89. The van der Waals surface area contributed by atoms with Gasteiger partial charge in [-0.05, 0) is 37.6 Å². The Bertz CT molecular complexity index is 287. The van der Waals surface area contributed by atoms with Crippen LogP contribution in [0.5, 0.6) is 0 Å². The molecule has 3 heterocycles. The topological polar surface area (TPSA) is 35.6 Å². The van der Waals surface area contributed by atoms with Gasteiger partial charge < -0.3 is 15.1 Å². The highest BCUT2D eigenvalue weighted by Crippen LogP contribution is 2.26. The Balaban J connectivity index is 1.56. The molecule has 0 saturated carbocycles. The summed E-state index contributed by atoms with van der Waals surface area (Å²) in [6.07, 6.45) is 3.58. The van der Waals surface area contributed by atoms with Gasteiger partial charge in [-0.15, -0.1) is 0 Å². The second kappa shape index (κ2) is 4.48. The molecule has 0 bridgehead atoms. The summed E-state index contributed by atoms with van der Waals surface area (Å²) in [6, 6.07) is 0.857.